The molecule has 1 heterocycles. The molecule has 2 fully saturated rings. The summed E-state index contributed by atoms with van der Waals surface area (Å²) in [6.45, 7) is 8.82. The fourth-order valence-corrected chi connectivity index (χ4v) is 6.91. The van der Waals surface area contributed by atoms with Crippen molar-refractivity contribution in [2.24, 2.45) is 17.8 Å². The molecule has 1 aromatic carbocycles. The van der Waals surface area contributed by atoms with Crippen LogP contribution in [0.5, 0.6) is 0 Å². The van der Waals surface area contributed by atoms with E-state index >= 15 is 0 Å². The van der Waals surface area contributed by atoms with Gasteiger partial charge in [0.1, 0.15) is 0 Å². The van der Waals surface area contributed by atoms with E-state index in [1.165, 1.54) is 11.1 Å². The number of hydrogen-bond donors (Lipinski definition) is 2. The second-order valence-electron chi connectivity index (χ2n) is 10.0. The number of ether oxygens (including phenoxy) is 1. The van der Waals surface area contributed by atoms with Crippen LogP contribution in [-0.2, 0) is 16.0 Å². The van der Waals surface area contributed by atoms with Crippen molar-refractivity contribution in [2.75, 3.05) is 19.7 Å². The topological polar surface area (TPSA) is 70.0 Å². The van der Waals surface area contributed by atoms with Gasteiger partial charge in [0, 0.05) is 19.5 Å². The molecule has 3 unspecified atom stereocenters. The van der Waals surface area contributed by atoms with Gasteiger partial charge in [0.05, 0.1) is 12.2 Å². The lowest BCUT2D eigenvalue weighted by Gasteiger charge is -2.49. The fraction of sp³-hybridized carbons (Fsp3) is 0.720. The van der Waals surface area contributed by atoms with E-state index in [0.29, 0.717) is 35.6 Å². The number of carbonyl (C=O) groups excluding carboxylic acids is 1. The average molecular weight is 427 g/mol. The number of carbonyl (C=O) groups is 1. The zero-order valence-corrected chi connectivity index (χ0v) is 19.3. The standard InChI is InChI=1S/C25H38BNO4/c1-4-27(5-2)23(28)8-6-7-18-16-31-25(3)14-13-21-20-12-10-19(26(29)30)15-17(20)9-11-22(21)24(18)25/h10,12,15,18,21-22,24,29-30H,4-9,11,13-14,16H2,1-3H3/t18-,21?,22?,24?,25-/m0/s1. The van der Waals surface area contributed by atoms with Gasteiger partial charge in [0.15, 0.2) is 0 Å². The molecule has 0 bridgehead atoms. The maximum absolute atomic E-state index is 12.4. The van der Waals surface area contributed by atoms with Crippen LogP contribution in [0.2, 0.25) is 0 Å². The minimum atomic E-state index is -1.40. The Kier molecular flexibility index (Phi) is 6.80. The number of rotatable bonds is 7. The van der Waals surface area contributed by atoms with E-state index in [1.807, 2.05) is 30.9 Å². The van der Waals surface area contributed by atoms with Gasteiger partial charge in [-0.05, 0) is 99.6 Å². The molecule has 170 valence electrons. The first-order valence-electron chi connectivity index (χ1n) is 12.3. The van der Waals surface area contributed by atoms with E-state index in [2.05, 4.69) is 13.0 Å². The lowest BCUT2D eigenvalue weighted by Crippen LogP contribution is -2.47. The molecular weight excluding hydrogens is 389 g/mol. The van der Waals surface area contributed by atoms with Crippen LogP contribution in [0.15, 0.2) is 18.2 Å². The number of aryl methyl sites for hydroxylation is 1. The molecule has 0 aromatic heterocycles. The predicted molar refractivity (Wildman–Crippen MR) is 123 cm³/mol. The highest BCUT2D eigenvalue weighted by Crippen LogP contribution is 2.58. The van der Waals surface area contributed by atoms with Crippen LogP contribution in [0.3, 0.4) is 0 Å². The molecule has 3 aliphatic rings. The van der Waals surface area contributed by atoms with Crippen molar-refractivity contribution in [3.8, 4) is 0 Å². The monoisotopic (exact) mass is 427 g/mol. The first kappa shape index (κ1) is 22.8. The Hall–Kier alpha value is -1.37. The molecule has 2 N–H and O–H groups in total. The van der Waals surface area contributed by atoms with Crippen LogP contribution in [-0.4, -0.2) is 53.3 Å². The van der Waals surface area contributed by atoms with Gasteiger partial charge >= 0.3 is 7.12 Å². The van der Waals surface area contributed by atoms with Gasteiger partial charge < -0.3 is 19.7 Å². The molecule has 0 spiro atoms. The number of fused-ring (bicyclic) bond motifs is 5. The molecule has 1 aliphatic heterocycles. The Balaban J connectivity index is 1.47. The second kappa shape index (κ2) is 9.25. The molecule has 5 atom stereocenters. The zero-order valence-electron chi connectivity index (χ0n) is 19.3. The minimum absolute atomic E-state index is 0.0343. The van der Waals surface area contributed by atoms with Crippen molar-refractivity contribution in [1.29, 1.82) is 0 Å². The lowest BCUT2D eigenvalue weighted by atomic mass is 9.56. The molecule has 0 radical (unpaired) electrons. The Labute approximate surface area is 187 Å². The summed E-state index contributed by atoms with van der Waals surface area (Å²) in [6, 6.07) is 6.00. The van der Waals surface area contributed by atoms with Gasteiger partial charge in [-0.2, -0.15) is 0 Å². The van der Waals surface area contributed by atoms with Crippen molar-refractivity contribution in [1.82, 2.24) is 4.90 Å². The summed E-state index contributed by atoms with van der Waals surface area (Å²) in [5, 5.41) is 19.1. The SMILES string of the molecule is CCN(CC)C(=O)CCC[C@H]1CO[C@@]2(C)CCC3c4ccc(B(O)O)cc4CCC3C12. The van der Waals surface area contributed by atoms with Crippen LogP contribution in [0.25, 0.3) is 0 Å². The fourth-order valence-electron chi connectivity index (χ4n) is 6.91. The van der Waals surface area contributed by atoms with Gasteiger partial charge in [-0.15, -0.1) is 0 Å². The third-order valence-electron chi connectivity index (χ3n) is 8.46. The molecular formula is C25H38BNO4. The summed E-state index contributed by atoms with van der Waals surface area (Å²) >= 11 is 0. The maximum atomic E-state index is 12.4. The lowest BCUT2D eigenvalue weighted by molar-refractivity contribution is -0.131. The van der Waals surface area contributed by atoms with Crippen LogP contribution in [0.1, 0.15) is 76.3 Å². The Bertz CT molecular complexity index is 796. The highest BCUT2D eigenvalue weighted by atomic mass is 16.5. The number of hydrogen-bond acceptors (Lipinski definition) is 4. The summed E-state index contributed by atoms with van der Waals surface area (Å²) in [5.41, 5.74) is 3.26. The third-order valence-corrected chi connectivity index (χ3v) is 8.46. The van der Waals surface area contributed by atoms with Gasteiger partial charge in [0.25, 0.3) is 0 Å². The summed E-state index contributed by atoms with van der Waals surface area (Å²) in [5.74, 6) is 2.51. The van der Waals surface area contributed by atoms with E-state index in [4.69, 9.17) is 4.74 Å². The summed E-state index contributed by atoms with van der Waals surface area (Å²) in [7, 11) is -1.40. The van der Waals surface area contributed by atoms with Crippen molar-refractivity contribution >= 4 is 18.5 Å². The third kappa shape index (κ3) is 4.31. The molecule has 1 saturated carbocycles. The number of amides is 1. The molecule has 31 heavy (non-hydrogen) atoms. The van der Waals surface area contributed by atoms with E-state index in [9.17, 15) is 14.8 Å². The van der Waals surface area contributed by atoms with Crippen LogP contribution >= 0.6 is 0 Å². The zero-order chi connectivity index (χ0) is 22.2. The summed E-state index contributed by atoms with van der Waals surface area (Å²) in [4.78, 5) is 14.4. The largest absolute Gasteiger partial charge is 0.488 e. The van der Waals surface area contributed by atoms with Crippen molar-refractivity contribution in [3.63, 3.8) is 0 Å². The summed E-state index contributed by atoms with van der Waals surface area (Å²) in [6.07, 6.45) is 7.01. The molecule has 2 aliphatic carbocycles. The van der Waals surface area contributed by atoms with E-state index < -0.39 is 7.12 Å². The van der Waals surface area contributed by atoms with Gasteiger partial charge in [-0.3, -0.25) is 4.79 Å². The second-order valence-corrected chi connectivity index (χ2v) is 10.0. The normalized spacial score (nSPS) is 31.5. The van der Waals surface area contributed by atoms with Crippen LogP contribution in [0, 0.1) is 17.8 Å². The number of benzene rings is 1. The molecule has 6 heteroatoms. The Morgan fingerprint density at radius 2 is 2.03 bits per heavy atom. The summed E-state index contributed by atoms with van der Waals surface area (Å²) < 4.78 is 6.43. The molecule has 1 amide bonds. The van der Waals surface area contributed by atoms with E-state index in [1.54, 1.807) is 0 Å². The van der Waals surface area contributed by atoms with Crippen molar-refractivity contribution in [2.45, 2.75) is 77.2 Å². The molecule has 1 aromatic rings. The van der Waals surface area contributed by atoms with Crippen molar-refractivity contribution in [3.05, 3.63) is 29.3 Å². The smallest absolute Gasteiger partial charge is 0.423 e. The Morgan fingerprint density at radius 1 is 1.26 bits per heavy atom. The van der Waals surface area contributed by atoms with E-state index in [0.717, 1.165) is 58.2 Å². The van der Waals surface area contributed by atoms with E-state index in [-0.39, 0.29) is 11.5 Å². The highest BCUT2D eigenvalue weighted by Gasteiger charge is 2.55. The van der Waals surface area contributed by atoms with Crippen molar-refractivity contribution < 1.29 is 19.6 Å². The first-order valence-corrected chi connectivity index (χ1v) is 12.3. The van der Waals surface area contributed by atoms with Gasteiger partial charge in [-0.1, -0.05) is 18.2 Å². The maximum Gasteiger partial charge on any atom is 0.488 e. The predicted octanol–water partition coefficient (Wildman–Crippen LogP) is 2.87. The highest BCUT2D eigenvalue weighted by molar-refractivity contribution is 6.58. The van der Waals surface area contributed by atoms with Gasteiger partial charge in [-0.25, -0.2) is 0 Å². The van der Waals surface area contributed by atoms with Crippen LogP contribution < -0.4 is 5.46 Å². The average Bonchev–Trinajstić information content (AvgIpc) is 3.10. The molecule has 5 nitrogen and oxygen atoms in total. The van der Waals surface area contributed by atoms with Crippen LogP contribution in [0.4, 0.5) is 0 Å². The molecule has 4 rings (SSSR count). The minimum Gasteiger partial charge on any atom is -0.423 e. The molecule has 1 saturated heterocycles. The first-order chi connectivity index (χ1) is 14.9. The quantitative estimate of drug-likeness (QED) is 0.657. The van der Waals surface area contributed by atoms with Gasteiger partial charge in [0.2, 0.25) is 5.91 Å². The Morgan fingerprint density at radius 3 is 2.74 bits per heavy atom. The number of nitrogens with zero attached hydrogens (tertiary/aromatic N) is 1.